The molecule has 0 fully saturated rings. The van der Waals surface area contributed by atoms with Crippen molar-refractivity contribution in [3.8, 4) is 0 Å². The number of amides is 1. The fourth-order valence-electron chi connectivity index (χ4n) is 0.932. The molecule has 13 heavy (non-hydrogen) atoms. The highest BCUT2D eigenvalue weighted by atomic mass is 79.9. The fraction of sp³-hybridized carbons (Fsp3) is 0.125. The Bertz CT molecular complexity index is 289. The maximum Gasteiger partial charge on any atom is 0.211 e. The number of rotatable bonds is 3. The van der Waals surface area contributed by atoms with Crippen LogP contribution < -0.4 is 5.23 Å². The van der Waals surface area contributed by atoms with Crippen molar-refractivity contribution in [2.75, 3.05) is 0 Å². The normalized spacial score (nSPS) is 9.31. The van der Waals surface area contributed by atoms with E-state index in [-0.39, 0.29) is 5.91 Å². The van der Waals surface area contributed by atoms with Crippen LogP contribution in [-0.4, -0.2) is 20.9 Å². The molecule has 2 nitrogen and oxygen atoms in total. The van der Waals surface area contributed by atoms with E-state index < -0.39 is 0 Å². The molecule has 0 atom stereocenters. The van der Waals surface area contributed by atoms with E-state index in [1.54, 1.807) is 0 Å². The molecule has 1 amide bonds. The maximum absolute atomic E-state index is 11.1. The van der Waals surface area contributed by atoms with Gasteiger partial charge in [-0.25, -0.2) is 0 Å². The third kappa shape index (κ3) is 3.68. The van der Waals surface area contributed by atoms with Gasteiger partial charge in [-0.15, -0.1) is 0 Å². The lowest BCUT2D eigenvalue weighted by molar-refractivity contribution is -0.118. The highest BCUT2D eigenvalue weighted by Crippen LogP contribution is 2.10. The Balaban J connectivity index is 2.54. The van der Waals surface area contributed by atoms with E-state index in [4.69, 9.17) is 7.74 Å². The number of nitrogens with one attached hydrogen (secondary N) is 1. The summed E-state index contributed by atoms with van der Waals surface area (Å²) in [7, 11) is 6.18. The minimum atomic E-state index is -0.107. The summed E-state index contributed by atoms with van der Waals surface area (Å²) in [6.45, 7) is 0. The summed E-state index contributed by atoms with van der Waals surface area (Å²) in [6, 6.07) is 7.57. The standard InChI is InChI=1S/C8H7B2BrNO/c9-10-12-8(13)5-6-1-3-7(11)4-2-6/h1-4H,5H2,(H,12,13). The molecule has 0 aromatic heterocycles. The fourth-order valence-corrected chi connectivity index (χ4v) is 1.20. The first-order valence-electron chi connectivity index (χ1n) is 3.79. The van der Waals surface area contributed by atoms with Gasteiger partial charge in [-0.2, -0.15) is 0 Å². The molecule has 63 valence electrons. The lowest BCUT2D eigenvalue weighted by Crippen LogP contribution is -2.28. The Kier molecular flexibility index (Phi) is 4.09. The summed E-state index contributed by atoms with van der Waals surface area (Å²) in [5.41, 5.74) is 0.961. The van der Waals surface area contributed by atoms with E-state index >= 15 is 0 Å². The molecule has 0 spiro atoms. The molecule has 0 saturated heterocycles. The van der Waals surface area contributed by atoms with Gasteiger partial charge < -0.3 is 5.23 Å². The average Bonchev–Trinajstić information content (AvgIpc) is 2.09. The maximum atomic E-state index is 11.1. The Hall–Kier alpha value is -0.700. The van der Waals surface area contributed by atoms with Crippen LogP contribution in [0.15, 0.2) is 28.7 Å². The van der Waals surface area contributed by atoms with Crippen molar-refractivity contribution in [2.45, 2.75) is 6.42 Å². The van der Waals surface area contributed by atoms with Crippen LogP contribution in [-0.2, 0) is 11.2 Å². The molecule has 0 aliphatic rings. The molecule has 5 heteroatoms. The van der Waals surface area contributed by atoms with E-state index in [1.807, 2.05) is 24.3 Å². The average molecular weight is 235 g/mol. The van der Waals surface area contributed by atoms with Crippen LogP contribution in [0.2, 0.25) is 0 Å². The summed E-state index contributed by atoms with van der Waals surface area (Å²) < 4.78 is 1.00. The molecule has 0 aliphatic heterocycles. The molecule has 1 rings (SSSR count). The molecule has 0 saturated carbocycles. The van der Waals surface area contributed by atoms with Crippen LogP contribution in [0, 0.1) is 0 Å². The SMILES string of the molecule is [B][B]NC(=O)Cc1ccc(Br)cc1. The summed E-state index contributed by atoms with van der Waals surface area (Å²) in [5.74, 6) is -0.107. The van der Waals surface area contributed by atoms with Crippen molar-refractivity contribution in [3.63, 3.8) is 0 Å². The minimum Gasteiger partial charge on any atom is -0.412 e. The summed E-state index contributed by atoms with van der Waals surface area (Å²) in [4.78, 5) is 11.1. The zero-order chi connectivity index (χ0) is 9.68. The highest BCUT2D eigenvalue weighted by molar-refractivity contribution is 9.10. The second kappa shape index (κ2) is 5.12. The van der Waals surface area contributed by atoms with Gasteiger partial charge in [0.25, 0.3) is 0 Å². The van der Waals surface area contributed by atoms with E-state index in [9.17, 15) is 4.79 Å². The lowest BCUT2D eigenvalue weighted by Gasteiger charge is -2.01. The van der Waals surface area contributed by atoms with Crippen molar-refractivity contribution in [1.29, 1.82) is 0 Å². The van der Waals surface area contributed by atoms with Crippen LogP contribution in [0.4, 0.5) is 0 Å². The molecule has 1 aromatic carbocycles. The summed E-state index contributed by atoms with van der Waals surface area (Å²) in [6.07, 6.45) is 0.348. The molecule has 3 radical (unpaired) electrons. The molecule has 0 bridgehead atoms. The zero-order valence-electron chi connectivity index (χ0n) is 6.96. The van der Waals surface area contributed by atoms with E-state index in [1.165, 1.54) is 0 Å². The van der Waals surface area contributed by atoms with Gasteiger partial charge in [0.1, 0.15) is 0 Å². The van der Waals surface area contributed by atoms with Gasteiger partial charge in [0, 0.05) is 12.2 Å². The molecule has 0 heterocycles. The number of halogens is 1. The van der Waals surface area contributed by atoms with Crippen molar-refractivity contribution in [3.05, 3.63) is 34.3 Å². The Morgan fingerprint density at radius 3 is 2.62 bits per heavy atom. The largest absolute Gasteiger partial charge is 0.412 e. The second-order valence-corrected chi connectivity index (χ2v) is 3.45. The minimum absolute atomic E-state index is 0.107. The van der Waals surface area contributed by atoms with Gasteiger partial charge in [-0.1, -0.05) is 28.1 Å². The van der Waals surface area contributed by atoms with Crippen molar-refractivity contribution in [2.24, 2.45) is 0 Å². The predicted molar refractivity (Wildman–Crippen MR) is 57.5 cm³/mol. The monoisotopic (exact) mass is 234 g/mol. The Labute approximate surface area is 87.9 Å². The smallest absolute Gasteiger partial charge is 0.211 e. The van der Waals surface area contributed by atoms with Gasteiger partial charge in [0.05, 0.1) is 6.42 Å². The molecular weight excluding hydrogens is 228 g/mol. The van der Waals surface area contributed by atoms with E-state index in [0.717, 1.165) is 17.3 Å². The molecule has 0 aliphatic carbocycles. The molecule has 1 aromatic rings. The number of carbonyl (C=O) groups excluding carboxylic acids is 1. The van der Waals surface area contributed by atoms with Crippen molar-refractivity contribution < 1.29 is 4.79 Å². The number of hydrogen-bond acceptors (Lipinski definition) is 1. The second-order valence-electron chi connectivity index (χ2n) is 2.54. The van der Waals surface area contributed by atoms with Crippen LogP contribution in [0.25, 0.3) is 0 Å². The lowest BCUT2D eigenvalue weighted by atomic mass is 9.67. The molecule has 0 unspecified atom stereocenters. The van der Waals surface area contributed by atoms with Gasteiger partial charge in [-0.3, -0.25) is 4.79 Å². The topological polar surface area (TPSA) is 29.1 Å². The van der Waals surface area contributed by atoms with E-state index in [0.29, 0.717) is 6.42 Å². The van der Waals surface area contributed by atoms with Gasteiger partial charge in [0.15, 0.2) is 7.31 Å². The first-order valence-corrected chi connectivity index (χ1v) is 4.59. The predicted octanol–water partition coefficient (Wildman–Crippen LogP) is 0.810. The van der Waals surface area contributed by atoms with Crippen LogP contribution in [0.5, 0.6) is 0 Å². The first-order chi connectivity index (χ1) is 6.22. The Morgan fingerprint density at radius 2 is 2.08 bits per heavy atom. The zero-order valence-corrected chi connectivity index (χ0v) is 8.54. The van der Waals surface area contributed by atoms with Crippen LogP contribution in [0.3, 0.4) is 0 Å². The molecular formula is C8H7B2BrNO. The van der Waals surface area contributed by atoms with E-state index in [2.05, 4.69) is 21.2 Å². The van der Waals surface area contributed by atoms with Gasteiger partial charge in [0.2, 0.25) is 5.91 Å². The van der Waals surface area contributed by atoms with Crippen molar-refractivity contribution in [1.82, 2.24) is 5.23 Å². The quantitative estimate of drug-likeness (QED) is 0.771. The van der Waals surface area contributed by atoms with Gasteiger partial charge >= 0.3 is 0 Å². The number of carbonyl (C=O) groups is 1. The third-order valence-electron chi connectivity index (χ3n) is 1.52. The molecule has 1 N–H and O–H groups in total. The number of benzene rings is 1. The first kappa shape index (κ1) is 10.4. The van der Waals surface area contributed by atoms with Crippen LogP contribution >= 0.6 is 15.9 Å². The number of hydrogen-bond donors (Lipinski definition) is 1. The Morgan fingerprint density at radius 1 is 1.46 bits per heavy atom. The highest BCUT2D eigenvalue weighted by Gasteiger charge is 2.00. The van der Waals surface area contributed by atoms with Crippen molar-refractivity contribution >= 4 is 36.9 Å². The van der Waals surface area contributed by atoms with Gasteiger partial charge in [-0.05, 0) is 17.7 Å². The summed E-state index contributed by atoms with van der Waals surface area (Å²) in [5, 5.41) is 2.41. The van der Waals surface area contributed by atoms with Crippen LogP contribution in [0.1, 0.15) is 5.56 Å². The summed E-state index contributed by atoms with van der Waals surface area (Å²) >= 11 is 3.32. The third-order valence-corrected chi connectivity index (χ3v) is 2.05.